The SMILES string of the molecule is Cc1ccc2nc(CCl)n(CC(=O)NCC(C)C)c2c1. The zero-order valence-electron chi connectivity index (χ0n) is 12.1. The van der Waals surface area contributed by atoms with Crippen molar-refractivity contribution in [1.29, 1.82) is 0 Å². The molecule has 0 aliphatic heterocycles. The highest BCUT2D eigenvalue weighted by atomic mass is 35.5. The number of benzene rings is 1. The molecular formula is C15H20ClN3O. The van der Waals surface area contributed by atoms with E-state index in [1.165, 1.54) is 0 Å². The number of hydrogen-bond donors (Lipinski definition) is 1. The van der Waals surface area contributed by atoms with E-state index in [4.69, 9.17) is 11.6 Å². The first-order chi connectivity index (χ1) is 9.51. The number of carbonyl (C=O) groups excluding carboxylic acids is 1. The molecule has 4 nitrogen and oxygen atoms in total. The molecule has 0 saturated heterocycles. The normalized spacial score (nSPS) is 11.2. The summed E-state index contributed by atoms with van der Waals surface area (Å²) >= 11 is 5.94. The van der Waals surface area contributed by atoms with E-state index in [0.29, 0.717) is 18.3 Å². The van der Waals surface area contributed by atoms with Crippen LogP contribution in [0.25, 0.3) is 11.0 Å². The maximum atomic E-state index is 12.0. The molecular weight excluding hydrogens is 274 g/mol. The minimum absolute atomic E-state index is 0.00845. The van der Waals surface area contributed by atoms with Gasteiger partial charge < -0.3 is 9.88 Å². The molecule has 108 valence electrons. The van der Waals surface area contributed by atoms with Crippen LogP contribution in [0.2, 0.25) is 0 Å². The van der Waals surface area contributed by atoms with Crippen molar-refractivity contribution < 1.29 is 4.79 Å². The molecule has 0 aliphatic carbocycles. The van der Waals surface area contributed by atoms with Gasteiger partial charge in [-0.3, -0.25) is 4.79 Å². The Balaban J connectivity index is 2.27. The van der Waals surface area contributed by atoms with Crippen molar-refractivity contribution in [1.82, 2.24) is 14.9 Å². The summed E-state index contributed by atoms with van der Waals surface area (Å²) in [6, 6.07) is 6.01. The minimum Gasteiger partial charge on any atom is -0.354 e. The molecule has 0 atom stereocenters. The zero-order valence-corrected chi connectivity index (χ0v) is 12.9. The van der Waals surface area contributed by atoms with Crippen LogP contribution in [0, 0.1) is 12.8 Å². The van der Waals surface area contributed by atoms with Gasteiger partial charge in [0.15, 0.2) is 0 Å². The van der Waals surface area contributed by atoms with E-state index < -0.39 is 0 Å². The summed E-state index contributed by atoms with van der Waals surface area (Å²) in [7, 11) is 0. The third kappa shape index (κ3) is 3.31. The molecule has 0 fully saturated rings. The van der Waals surface area contributed by atoms with Gasteiger partial charge in [0, 0.05) is 6.54 Å². The first-order valence-electron chi connectivity index (χ1n) is 6.79. The average Bonchev–Trinajstić information content (AvgIpc) is 2.74. The van der Waals surface area contributed by atoms with Crippen molar-refractivity contribution in [2.24, 2.45) is 5.92 Å². The number of aromatic nitrogens is 2. The number of nitrogens with zero attached hydrogens (tertiary/aromatic N) is 2. The Hall–Kier alpha value is -1.55. The van der Waals surface area contributed by atoms with Crippen LogP contribution in [0.3, 0.4) is 0 Å². The molecule has 1 N–H and O–H groups in total. The van der Waals surface area contributed by atoms with E-state index in [1.54, 1.807) is 0 Å². The molecule has 0 unspecified atom stereocenters. The first-order valence-corrected chi connectivity index (χ1v) is 7.33. The van der Waals surface area contributed by atoms with E-state index >= 15 is 0 Å². The average molecular weight is 294 g/mol. The lowest BCUT2D eigenvalue weighted by atomic mass is 10.2. The van der Waals surface area contributed by atoms with Crippen LogP contribution in [0.5, 0.6) is 0 Å². The van der Waals surface area contributed by atoms with Crippen molar-refractivity contribution in [2.75, 3.05) is 6.54 Å². The van der Waals surface area contributed by atoms with E-state index in [2.05, 4.69) is 24.1 Å². The van der Waals surface area contributed by atoms with Gasteiger partial charge in [0.2, 0.25) is 5.91 Å². The van der Waals surface area contributed by atoms with Gasteiger partial charge in [0.25, 0.3) is 0 Å². The number of aryl methyl sites for hydroxylation is 1. The van der Waals surface area contributed by atoms with Gasteiger partial charge in [0.1, 0.15) is 12.4 Å². The van der Waals surface area contributed by atoms with Crippen molar-refractivity contribution >= 4 is 28.5 Å². The van der Waals surface area contributed by atoms with Crippen molar-refractivity contribution in [3.63, 3.8) is 0 Å². The predicted octanol–water partition coefficient (Wildman–Crippen LogP) is 2.86. The molecule has 2 rings (SSSR count). The number of rotatable bonds is 5. The van der Waals surface area contributed by atoms with Gasteiger partial charge in [0.05, 0.1) is 16.9 Å². The summed E-state index contributed by atoms with van der Waals surface area (Å²) in [6.07, 6.45) is 0. The molecule has 0 spiro atoms. The topological polar surface area (TPSA) is 46.9 Å². The van der Waals surface area contributed by atoms with Gasteiger partial charge in [-0.2, -0.15) is 0 Å². The Bertz CT molecular complexity index is 619. The van der Waals surface area contributed by atoms with E-state index in [0.717, 1.165) is 22.4 Å². The Labute approximate surface area is 124 Å². The molecule has 5 heteroatoms. The zero-order chi connectivity index (χ0) is 14.7. The number of fused-ring (bicyclic) bond motifs is 1. The van der Waals surface area contributed by atoms with Crippen molar-refractivity contribution in [3.8, 4) is 0 Å². The maximum absolute atomic E-state index is 12.0. The van der Waals surface area contributed by atoms with Crippen molar-refractivity contribution in [2.45, 2.75) is 33.2 Å². The number of alkyl halides is 1. The van der Waals surface area contributed by atoms with Crippen LogP contribution in [-0.2, 0) is 17.2 Å². The second-order valence-corrected chi connectivity index (χ2v) is 5.71. The summed E-state index contributed by atoms with van der Waals surface area (Å²) in [6.45, 7) is 7.10. The van der Waals surface area contributed by atoms with Crippen LogP contribution in [0.4, 0.5) is 0 Å². The molecule has 2 aromatic rings. The van der Waals surface area contributed by atoms with Gasteiger partial charge in [-0.25, -0.2) is 4.98 Å². The van der Waals surface area contributed by atoms with Gasteiger partial charge in [-0.05, 0) is 30.5 Å². The quantitative estimate of drug-likeness (QED) is 0.862. The monoisotopic (exact) mass is 293 g/mol. The molecule has 0 bridgehead atoms. The number of amides is 1. The molecule has 1 amide bonds. The Morgan fingerprint density at radius 1 is 1.45 bits per heavy atom. The Morgan fingerprint density at radius 3 is 2.85 bits per heavy atom. The minimum atomic E-state index is -0.00845. The Morgan fingerprint density at radius 2 is 2.20 bits per heavy atom. The van der Waals surface area contributed by atoms with Crippen LogP contribution in [0.1, 0.15) is 25.2 Å². The highest BCUT2D eigenvalue weighted by molar-refractivity contribution is 6.16. The van der Waals surface area contributed by atoms with Crippen LogP contribution < -0.4 is 5.32 Å². The number of nitrogens with one attached hydrogen (secondary N) is 1. The van der Waals surface area contributed by atoms with E-state index in [9.17, 15) is 4.79 Å². The molecule has 1 heterocycles. The lowest BCUT2D eigenvalue weighted by molar-refractivity contribution is -0.121. The second-order valence-electron chi connectivity index (χ2n) is 5.44. The molecule has 0 saturated carbocycles. The molecule has 1 aromatic heterocycles. The highest BCUT2D eigenvalue weighted by Crippen LogP contribution is 2.19. The molecule has 0 aliphatic rings. The van der Waals surface area contributed by atoms with Gasteiger partial charge >= 0.3 is 0 Å². The summed E-state index contributed by atoms with van der Waals surface area (Å²) in [4.78, 5) is 16.5. The van der Waals surface area contributed by atoms with Crippen molar-refractivity contribution in [3.05, 3.63) is 29.6 Å². The van der Waals surface area contributed by atoms with Gasteiger partial charge in [-0.1, -0.05) is 19.9 Å². The summed E-state index contributed by atoms with van der Waals surface area (Å²) in [5.74, 6) is 1.46. The molecule has 20 heavy (non-hydrogen) atoms. The number of carbonyl (C=O) groups is 1. The number of hydrogen-bond acceptors (Lipinski definition) is 2. The second kappa shape index (κ2) is 6.27. The summed E-state index contributed by atoms with van der Waals surface area (Å²) in [5.41, 5.74) is 2.98. The van der Waals surface area contributed by atoms with Crippen LogP contribution in [0.15, 0.2) is 18.2 Å². The maximum Gasteiger partial charge on any atom is 0.240 e. The van der Waals surface area contributed by atoms with E-state index in [1.807, 2.05) is 29.7 Å². The number of imidazole rings is 1. The molecule has 0 radical (unpaired) electrons. The fraction of sp³-hybridized carbons (Fsp3) is 0.467. The largest absolute Gasteiger partial charge is 0.354 e. The first kappa shape index (κ1) is 14.9. The van der Waals surface area contributed by atoms with Crippen LogP contribution in [-0.4, -0.2) is 22.0 Å². The van der Waals surface area contributed by atoms with Gasteiger partial charge in [-0.15, -0.1) is 11.6 Å². The lowest BCUT2D eigenvalue weighted by Crippen LogP contribution is -2.31. The fourth-order valence-electron chi connectivity index (χ4n) is 2.08. The lowest BCUT2D eigenvalue weighted by Gasteiger charge is -2.10. The smallest absolute Gasteiger partial charge is 0.240 e. The molecule has 1 aromatic carbocycles. The Kier molecular flexibility index (Phi) is 4.65. The number of halogens is 1. The third-order valence-corrected chi connectivity index (χ3v) is 3.35. The predicted molar refractivity (Wildman–Crippen MR) is 81.9 cm³/mol. The third-order valence-electron chi connectivity index (χ3n) is 3.11. The van der Waals surface area contributed by atoms with Crippen LogP contribution >= 0.6 is 11.6 Å². The fourth-order valence-corrected chi connectivity index (χ4v) is 2.28. The highest BCUT2D eigenvalue weighted by Gasteiger charge is 2.13. The summed E-state index contributed by atoms with van der Waals surface area (Å²) in [5, 5.41) is 2.92. The summed E-state index contributed by atoms with van der Waals surface area (Å²) < 4.78 is 1.89. The standard InChI is InChI=1S/C15H20ClN3O/c1-10(2)8-17-15(20)9-19-13-6-11(3)4-5-12(13)18-14(19)7-16/h4-6,10H,7-9H2,1-3H3,(H,17,20). The van der Waals surface area contributed by atoms with E-state index in [-0.39, 0.29) is 12.5 Å².